The first kappa shape index (κ1) is 11.3. The number of hydrogen-bond donors (Lipinski definition) is 2. The standard InChI is InChI=1S/C12H10N4O3/c1-19-8-5-3-2-4-7(8)16-6-13-9-10(16)14-12(18)15-11(9)17/h2-6H,1H3,(H2,14,15,17,18). The predicted octanol–water partition coefficient (Wildman–Crippen LogP) is 0.411. The Bertz CT molecular complexity index is 859. The predicted molar refractivity (Wildman–Crippen MR) is 68.9 cm³/mol. The second kappa shape index (κ2) is 4.13. The van der Waals surface area contributed by atoms with Crippen molar-refractivity contribution in [1.29, 1.82) is 0 Å². The topological polar surface area (TPSA) is 92.8 Å². The van der Waals surface area contributed by atoms with Crippen molar-refractivity contribution >= 4 is 11.2 Å². The number of ether oxygens (including phenoxy) is 1. The lowest BCUT2D eigenvalue weighted by atomic mass is 10.3. The minimum Gasteiger partial charge on any atom is -0.495 e. The summed E-state index contributed by atoms with van der Waals surface area (Å²) < 4.78 is 6.85. The van der Waals surface area contributed by atoms with Crippen molar-refractivity contribution in [2.45, 2.75) is 0 Å². The van der Waals surface area contributed by atoms with Gasteiger partial charge in [-0.05, 0) is 12.1 Å². The highest BCUT2D eigenvalue weighted by Gasteiger charge is 2.12. The molecule has 0 aliphatic heterocycles. The summed E-state index contributed by atoms with van der Waals surface area (Å²) in [5.74, 6) is 0.614. The molecule has 2 N–H and O–H groups in total. The third-order valence-corrected chi connectivity index (χ3v) is 2.79. The highest BCUT2D eigenvalue weighted by Crippen LogP contribution is 2.23. The van der Waals surface area contributed by atoms with Crippen LogP contribution in [0.25, 0.3) is 16.9 Å². The van der Waals surface area contributed by atoms with Crippen LogP contribution in [0.4, 0.5) is 0 Å². The number of benzene rings is 1. The van der Waals surface area contributed by atoms with Gasteiger partial charge in [0.2, 0.25) is 0 Å². The molecule has 0 radical (unpaired) electrons. The lowest BCUT2D eigenvalue weighted by Crippen LogP contribution is -2.22. The molecule has 0 saturated carbocycles. The van der Waals surface area contributed by atoms with E-state index in [4.69, 9.17) is 4.74 Å². The molecule has 0 saturated heterocycles. The van der Waals surface area contributed by atoms with E-state index in [-0.39, 0.29) is 5.52 Å². The molecule has 0 aliphatic carbocycles. The Morgan fingerprint density at radius 3 is 2.79 bits per heavy atom. The van der Waals surface area contributed by atoms with Crippen molar-refractivity contribution in [1.82, 2.24) is 19.5 Å². The van der Waals surface area contributed by atoms with Gasteiger partial charge >= 0.3 is 5.69 Å². The van der Waals surface area contributed by atoms with Crippen molar-refractivity contribution in [2.24, 2.45) is 0 Å². The van der Waals surface area contributed by atoms with E-state index >= 15 is 0 Å². The van der Waals surface area contributed by atoms with Crippen LogP contribution >= 0.6 is 0 Å². The van der Waals surface area contributed by atoms with Crippen molar-refractivity contribution in [3.05, 3.63) is 51.4 Å². The summed E-state index contributed by atoms with van der Waals surface area (Å²) in [7, 11) is 1.55. The lowest BCUT2D eigenvalue weighted by molar-refractivity contribution is 0.413. The number of methoxy groups -OCH3 is 1. The maximum Gasteiger partial charge on any atom is 0.327 e. The fraction of sp³-hybridized carbons (Fsp3) is 0.0833. The zero-order valence-electron chi connectivity index (χ0n) is 10.0. The van der Waals surface area contributed by atoms with Gasteiger partial charge in [0.25, 0.3) is 5.56 Å². The first-order valence-corrected chi connectivity index (χ1v) is 5.54. The van der Waals surface area contributed by atoms with E-state index in [1.165, 1.54) is 6.33 Å². The van der Waals surface area contributed by atoms with Gasteiger partial charge in [0, 0.05) is 0 Å². The smallest absolute Gasteiger partial charge is 0.327 e. The zero-order valence-corrected chi connectivity index (χ0v) is 10.0. The number of nitrogens with zero attached hydrogens (tertiary/aromatic N) is 2. The lowest BCUT2D eigenvalue weighted by Gasteiger charge is -2.08. The number of nitrogens with one attached hydrogen (secondary N) is 2. The Balaban J connectivity index is 2.38. The summed E-state index contributed by atoms with van der Waals surface area (Å²) >= 11 is 0. The average molecular weight is 258 g/mol. The Morgan fingerprint density at radius 1 is 1.21 bits per heavy atom. The molecule has 3 rings (SSSR count). The summed E-state index contributed by atoms with van der Waals surface area (Å²) in [6.45, 7) is 0. The van der Waals surface area contributed by atoms with Gasteiger partial charge in [-0.3, -0.25) is 19.3 Å². The van der Waals surface area contributed by atoms with Crippen LogP contribution in [-0.2, 0) is 0 Å². The van der Waals surface area contributed by atoms with Crippen LogP contribution < -0.4 is 16.0 Å². The molecule has 7 heteroatoms. The van der Waals surface area contributed by atoms with Crippen molar-refractivity contribution in [3.63, 3.8) is 0 Å². The van der Waals surface area contributed by atoms with Gasteiger partial charge < -0.3 is 4.74 Å². The van der Waals surface area contributed by atoms with Gasteiger partial charge in [0.05, 0.1) is 12.8 Å². The maximum absolute atomic E-state index is 11.6. The van der Waals surface area contributed by atoms with E-state index in [0.717, 1.165) is 0 Å². The Hall–Kier alpha value is -2.83. The first-order chi connectivity index (χ1) is 9.20. The molecule has 0 fully saturated rings. The molecule has 0 bridgehead atoms. The van der Waals surface area contributed by atoms with Crippen LogP contribution in [0, 0.1) is 0 Å². The molecule has 0 unspecified atom stereocenters. The number of H-pyrrole nitrogens is 2. The third kappa shape index (κ3) is 1.71. The molecule has 2 aromatic heterocycles. The molecular weight excluding hydrogens is 248 g/mol. The van der Waals surface area contributed by atoms with Crippen molar-refractivity contribution in [3.8, 4) is 11.4 Å². The van der Waals surface area contributed by atoms with E-state index in [2.05, 4.69) is 15.0 Å². The first-order valence-electron chi connectivity index (χ1n) is 5.54. The molecule has 0 aliphatic rings. The Labute approximate surface area is 106 Å². The minimum absolute atomic E-state index is 0.172. The summed E-state index contributed by atoms with van der Waals surface area (Å²) in [6.07, 6.45) is 1.47. The fourth-order valence-electron chi connectivity index (χ4n) is 1.95. The zero-order chi connectivity index (χ0) is 13.4. The number of rotatable bonds is 2. The third-order valence-electron chi connectivity index (χ3n) is 2.79. The van der Waals surface area contributed by atoms with Crippen LogP contribution in [0.5, 0.6) is 5.75 Å². The van der Waals surface area contributed by atoms with E-state index in [1.807, 2.05) is 12.1 Å². The number of hydrogen-bond acceptors (Lipinski definition) is 4. The second-order valence-corrected chi connectivity index (χ2v) is 3.89. The van der Waals surface area contributed by atoms with Gasteiger partial charge in [-0.25, -0.2) is 9.78 Å². The SMILES string of the molecule is COc1ccccc1-n1cnc2c(=O)[nH]c(=O)[nH]c21. The summed E-state index contributed by atoms with van der Waals surface area (Å²) in [6, 6.07) is 7.25. The van der Waals surface area contributed by atoms with Crippen LogP contribution in [0.3, 0.4) is 0 Å². The second-order valence-electron chi connectivity index (χ2n) is 3.89. The monoisotopic (exact) mass is 258 g/mol. The van der Waals surface area contributed by atoms with Gasteiger partial charge in [-0.15, -0.1) is 0 Å². The van der Waals surface area contributed by atoms with Crippen LogP contribution in [-0.4, -0.2) is 26.6 Å². The molecule has 0 atom stereocenters. The summed E-state index contributed by atoms with van der Waals surface area (Å²) in [5, 5.41) is 0. The fourth-order valence-corrected chi connectivity index (χ4v) is 1.95. The van der Waals surface area contributed by atoms with E-state index in [0.29, 0.717) is 17.1 Å². The molecule has 0 spiro atoms. The molecule has 96 valence electrons. The minimum atomic E-state index is -0.575. The number of para-hydroxylation sites is 2. The Kier molecular flexibility index (Phi) is 2.45. The number of aromatic amines is 2. The molecule has 0 amide bonds. The molecule has 19 heavy (non-hydrogen) atoms. The van der Waals surface area contributed by atoms with Crippen LogP contribution in [0.2, 0.25) is 0 Å². The quantitative estimate of drug-likeness (QED) is 0.696. The summed E-state index contributed by atoms with van der Waals surface area (Å²) in [5.41, 5.74) is 0.0963. The number of imidazole rings is 1. The van der Waals surface area contributed by atoms with Crippen molar-refractivity contribution in [2.75, 3.05) is 7.11 Å². The van der Waals surface area contributed by atoms with Gasteiger partial charge in [0.1, 0.15) is 12.1 Å². The molecule has 7 nitrogen and oxygen atoms in total. The highest BCUT2D eigenvalue weighted by atomic mass is 16.5. The van der Waals surface area contributed by atoms with E-state index in [9.17, 15) is 9.59 Å². The highest BCUT2D eigenvalue weighted by molar-refractivity contribution is 5.72. The number of fused-ring (bicyclic) bond motifs is 1. The summed E-state index contributed by atoms with van der Waals surface area (Å²) in [4.78, 5) is 31.7. The molecule has 3 aromatic rings. The normalized spacial score (nSPS) is 10.8. The van der Waals surface area contributed by atoms with Gasteiger partial charge in [0.15, 0.2) is 11.2 Å². The Morgan fingerprint density at radius 2 is 2.00 bits per heavy atom. The molecular formula is C12H10N4O3. The van der Waals surface area contributed by atoms with E-state index in [1.54, 1.807) is 23.8 Å². The number of aromatic nitrogens is 4. The maximum atomic E-state index is 11.6. The van der Waals surface area contributed by atoms with Crippen LogP contribution in [0.1, 0.15) is 0 Å². The molecule has 1 aromatic carbocycles. The van der Waals surface area contributed by atoms with E-state index < -0.39 is 11.2 Å². The van der Waals surface area contributed by atoms with Gasteiger partial charge in [-0.1, -0.05) is 12.1 Å². The van der Waals surface area contributed by atoms with Crippen LogP contribution in [0.15, 0.2) is 40.2 Å². The largest absolute Gasteiger partial charge is 0.495 e. The van der Waals surface area contributed by atoms with Gasteiger partial charge in [-0.2, -0.15) is 0 Å². The molecule has 2 heterocycles. The van der Waals surface area contributed by atoms with Crippen molar-refractivity contribution < 1.29 is 4.74 Å². The average Bonchev–Trinajstić information content (AvgIpc) is 2.82.